The zero-order valence-corrected chi connectivity index (χ0v) is 18.0. The van der Waals surface area contributed by atoms with E-state index in [2.05, 4.69) is 19.9 Å². The summed E-state index contributed by atoms with van der Waals surface area (Å²) in [7, 11) is 1.54. The van der Waals surface area contributed by atoms with Gasteiger partial charge < -0.3 is 19.5 Å². The standard InChI is InChI=1S/C22H25N7O3/c1-15-11-16(17-13-23-19-5-3-4-6-28(17)19)26-29(15)21-12-20(27-7-9-32-10-8-27)24-22(25-21)18(14-30)31-2/h3-6,11-13,18,30H,7-10,14H2,1-2H3/t18-/m1/s1. The van der Waals surface area contributed by atoms with Crippen molar-refractivity contribution in [3.63, 3.8) is 0 Å². The fourth-order valence-electron chi connectivity index (χ4n) is 3.86. The summed E-state index contributed by atoms with van der Waals surface area (Å²) in [6.45, 7) is 4.52. The summed E-state index contributed by atoms with van der Waals surface area (Å²) < 4.78 is 14.7. The lowest BCUT2D eigenvalue weighted by Crippen LogP contribution is -2.37. The number of hydrogen-bond acceptors (Lipinski definition) is 8. The Kier molecular flexibility index (Phi) is 5.56. The third-order valence-corrected chi connectivity index (χ3v) is 5.57. The van der Waals surface area contributed by atoms with Crippen LogP contribution in [-0.2, 0) is 9.47 Å². The molecule has 4 aromatic rings. The summed E-state index contributed by atoms with van der Waals surface area (Å²) in [5.41, 5.74) is 3.47. The molecule has 0 bridgehead atoms. The second kappa shape index (κ2) is 8.65. The van der Waals surface area contributed by atoms with Gasteiger partial charge in [0.1, 0.15) is 23.3 Å². The summed E-state index contributed by atoms with van der Waals surface area (Å²) >= 11 is 0. The molecule has 0 spiro atoms. The van der Waals surface area contributed by atoms with Crippen LogP contribution in [0.25, 0.3) is 22.9 Å². The monoisotopic (exact) mass is 435 g/mol. The number of aliphatic hydroxyl groups excluding tert-OH is 1. The number of morpholine rings is 1. The highest BCUT2D eigenvalue weighted by molar-refractivity contribution is 5.61. The van der Waals surface area contributed by atoms with E-state index in [1.807, 2.05) is 54.0 Å². The fourth-order valence-corrected chi connectivity index (χ4v) is 3.86. The van der Waals surface area contributed by atoms with Crippen molar-refractivity contribution < 1.29 is 14.6 Å². The van der Waals surface area contributed by atoms with Crippen LogP contribution >= 0.6 is 0 Å². The Morgan fingerprint density at radius 3 is 2.75 bits per heavy atom. The van der Waals surface area contributed by atoms with E-state index in [1.165, 1.54) is 7.11 Å². The lowest BCUT2D eigenvalue weighted by atomic mass is 10.3. The van der Waals surface area contributed by atoms with Crippen LogP contribution in [0.3, 0.4) is 0 Å². The second-order valence-corrected chi connectivity index (χ2v) is 7.60. The molecule has 1 aliphatic heterocycles. The number of fused-ring (bicyclic) bond motifs is 1. The minimum atomic E-state index is -0.621. The zero-order chi connectivity index (χ0) is 22.1. The number of aliphatic hydroxyl groups is 1. The van der Waals surface area contributed by atoms with Gasteiger partial charge in [0.15, 0.2) is 11.6 Å². The molecule has 0 aliphatic carbocycles. The number of ether oxygens (including phenoxy) is 2. The van der Waals surface area contributed by atoms with E-state index in [0.717, 1.165) is 41.6 Å². The van der Waals surface area contributed by atoms with Gasteiger partial charge >= 0.3 is 0 Å². The smallest absolute Gasteiger partial charge is 0.164 e. The van der Waals surface area contributed by atoms with Crippen molar-refractivity contribution in [2.75, 3.05) is 44.9 Å². The second-order valence-electron chi connectivity index (χ2n) is 7.60. The minimum Gasteiger partial charge on any atom is -0.393 e. The largest absolute Gasteiger partial charge is 0.393 e. The van der Waals surface area contributed by atoms with E-state index in [9.17, 15) is 5.11 Å². The zero-order valence-electron chi connectivity index (χ0n) is 18.0. The molecule has 0 aromatic carbocycles. The first-order valence-corrected chi connectivity index (χ1v) is 10.5. The summed E-state index contributed by atoms with van der Waals surface area (Å²) in [6, 6.07) is 9.80. The van der Waals surface area contributed by atoms with E-state index in [-0.39, 0.29) is 6.61 Å². The van der Waals surface area contributed by atoms with E-state index < -0.39 is 6.10 Å². The van der Waals surface area contributed by atoms with Gasteiger partial charge in [-0.25, -0.2) is 19.6 Å². The van der Waals surface area contributed by atoms with Crippen LogP contribution < -0.4 is 4.90 Å². The number of aromatic nitrogens is 6. The van der Waals surface area contributed by atoms with Crippen molar-refractivity contribution in [3.05, 3.63) is 54.2 Å². The molecule has 4 aromatic heterocycles. The Labute approximate surface area is 185 Å². The number of hydrogen-bond donors (Lipinski definition) is 1. The molecule has 0 radical (unpaired) electrons. The summed E-state index contributed by atoms with van der Waals surface area (Å²) in [6.07, 6.45) is 3.16. The van der Waals surface area contributed by atoms with Crippen LogP contribution in [-0.4, -0.2) is 74.3 Å². The number of rotatable bonds is 6. The number of imidazole rings is 1. The lowest BCUT2D eigenvalue weighted by molar-refractivity contribution is 0.0422. The first-order valence-electron chi connectivity index (χ1n) is 10.5. The Hall–Kier alpha value is -3.34. The average Bonchev–Trinajstić information content (AvgIpc) is 3.44. The number of anilines is 1. The summed E-state index contributed by atoms with van der Waals surface area (Å²) in [4.78, 5) is 16.0. The Balaban J connectivity index is 1.60. The highest BCUT2D eigenvalue weighted by atomic mass is 16.5. The number of pyridine rings is 1. The maximum Gasteiger partial charge on any atom is 0.164 e. The number of methoxy groups -OCH3 is 1. The minimum absolute atomic E-state index is 0.215. The van der Waals surface area contributed by atoms with Crippen molar-refractivity contribution in [3.8, 4) is 17.2 Å². The lowest BCUT2D eigenvalue weighted by Gasteiger charge is -2.28. The first kappa shape index (κ1) is 20.6. The Bertz CT molecular complexity index is 1230. The van der Waals surface area contributed by atoms with Gasteiger partial charge in [-0.3, -0.25) is 4.40 Å². The van der Waals surface area contributed by atoms with Gasteiger partial charge in [0.2, 0.25) is 0 Å². The molecule has 0 amide bonds. The molecular weight excluding hydrogens is 410 g/mol. The van der Waals surface area contributed by atoms with E-state index in [0.29, 0.717) is 24.9 Å². The quantitative estimate of drug-likeness (QED) is 0.489. The van der Waals surface area contributed by atoms with Crippen LogP contribution in [0.2, 0.25) is 0 Å². The highest BCUT2D eigenvalue weighted by Crippen LogP contribution is 2.25. The van der Waals surface area contributed by atoms with Crippen LogP contribution in [0, 0.1) is 6.92 Å². The predicted octanol–water partition coefficient (Wildman–Crippen LogP) is 1.80. The van der Waals surface area contributed by atoms with Gasteiger partial charge in [-0.15, -0.1) is 0 Å². The number of aryl methyl sites for hydroxylation is 1. The van der Waals surface area contributed by atoms with Crippen molar-refractivity contribution in [2.24, 2.45) is 0 Å². The van der Waals surface area contributed by atoms with Crippen LogP contribution in [0.1, 0.15) is 17.6 Å². The fraction of sp³-hybridized carbons (Fsp3) is 0.364. The van der Waals surface area contributed by atoms with Crippen molar-refractivity contribution >= 4 is 11.5 Å². The third-order valence-electron chi connectivity index (χ3n) is 5.57. The highest BCUT2D eigenvalue weighted by Gasteiger charge is 2.21. The Morgan fingerprint density at radius 2 is 1.97 bits per heavy atom. The van der Waals surface area contributed by atoms with Crippen LogP contribution in [0.15, 0.2) is 42.7 Å². The Morgan fingerprint density at radius 1 is 1.16 bits per heavy atom. The molecule has 1 fully saturated rings. The normalized spacial score (nSPS) is 15.4. The van der Waals surface area contributed by atoms with Gasteiger partial charge in [0, 0.05) is 38.2 Å². The summed E-state index contributed by atoms with van der Waals surface area (Å²) in [5.74, 6) is 1.79. The van der Waals surface area contributed by atoms with Gasteiger partial charge in [-0.2, -0.15) is 5.10 Å². The van der Waals surface area contributed by atoms with Crippen molar-refractivity contribution in [1.29, 1.82) is 0 Å². The SMILES string of the molecule is CO[C@H](CO)c1nc(N2CCOCC2)cc(-n2nc(-c3cnc4ccccn34)cc2C)n1. The van der Waals surface area contributed by atoms with Crippen LogP contribution in [0.4, 0.5) is 5.82 Å². The van der Waals surface area contributed by atoms with Crippen molar-refractivity contribution in [2.45, 2.75) is 13.0 Å². The molecule has 0 unspecified atom stereocenters. The maximum atomic E-state index is 9.76. The molecule has 166 valence electrons. The number of nitrogens with zero attached hydrogens (tertiary/aromatic N) is 7. The predicted molar refractivity (Wildman–Crippen MR) is 118 cm³/mol. The topological polar surface area (TPSA) is 103 Å². The van der Waals surface area contributed by atoms with Gasteiger partial charge in [0.25, 0.3) is 0 Å². The molecule has 1 saturated heterocycles. The molecule has 10 heteroatoms. The first-order chi connectivity index (χ1) is 15.7. The summed E-state index contributed by atoms with van der Waals surface area (Å²) in [5, 5.41) is 14.6. The molecule has 1 atom stereocenters. The molecule has 1 aliphatic rings. The molecule has 1 N–H and O–H groups in total. The van der Waals surface area contributed by atoms with Gasteiger partial charge in [0.05, 0.1) is 31.7 Å². The molecule has 0 saturated carbocycles. The molecular formula is C22H25N7O3. The van der Waals surface area contributed by atoms with E-state index in [1.54, 1.807) is 4.68 Å². The molecule has 10 nitrogen and oxygen atoms in total. The van der Waals surface area contributed by atoms with Gasteiger partial charge in [-0.1, -0.05) is 6.07 Å². The maximum absolute atomic E-state index is 9.76. The van der Waals surface area contributed by atoms with E-state index >= 15 is 0 Å². The molecule has 5 rings (SSSR count). The van der Waals surface area contributed by atoms with Crippen LogP contribution in [0.5, 0.6) is 0 Å². The molecule has 5 heterocycles. The third kappa shape index (κ3) is 3.72. The van der Waals surface area contributed by atoms with Gasteiger partial charge in [-0.05, 0) is 25.1 Å². The molecule has 32 heavy (non-hydrogen) atoms. The van der Waals surface area contributed by atoms with Crippen molar-refractivity contribution in [1.82, 2.24) is 29.1 Å². The average molecular weight is 435 g/mol. The van der Waals surface area contributed by atoms with E-state index in [4.69, 9.17) is 14.6 Å².